The van der Waals surface area contributed by atoms with Crippen molar-refractivity contribution in [3.05, 3.63) is 65.7 Å². The Hall–Kier alpha value is -3.02. The molecule has 0 aliphatic rings. The van der Waals surface area contributed by atoms with Crippen LogP contribution in [0.25, 0.3) is 0 Å². The molecule has 2 atom stereocenters. The topological polar surface area (TPSA) is 78.9 Å². The number of urea groups is 1. The molecule has 144 valence electrons. The molecule has 6 nitrogen and oxygen atoms in total. The molecule has 0 saturated heterocycles. The summed E-state index contributed by atoms with van der Waals surface area (Å²) in [5.41, 5.74) is 1.85. The molecule has 0 radical (unpaired) electrons. The van der Waals surface area contributed by atoms with Crippen LogP contribution in [0.15, 0.2) is 54.6 Å². The smallest absolute Gasteiger partial charge is 0.317 e. The molecule has 0 spiro atoms. The molecular formula is C21H26N2O4. The van der Waals surface area contributed by atoms with E-state index in [1.807, 2.05) is 61.5 Å². The number of aliphatic carboxylic acids is 1. The highest BCUT2D eigenvalue weighted by atomic mass is 16.5. The lowest BCUT2D eigenvalue weighted by atomic mass is 9.98. The summed E-state index contributed by atoms with van der Waals surface area (Å²) < 4.78 is 5.48. The second-order valence-corrected chi connectivity index (χ2v) is 6.42. The van der Waals surface area contributed by atoms with Crippen molar-refractivity contribution in [2.24, 2.45) is 5.92 Å². The number of carbonyl (C=O) groups is 2. The highest BCUT2D eigenvalue weighted by molar-refractivity contribution is 5.76. The third-order valence-electron chi connectivity index (χ3n) is 4.24. The Morgan fingerprint density at radius 2 is 1.67 bits per heavy atom. The highest BCUT2D eigenvalue weighted by Crippen LogP contribution is 2.24. The van der Waals surface area contributed by atoms with Crippen molar-refractivity contribution in [3.63, 3.8) is 0 Å². The van der Waals surface area contributed by atoms with Gasteiger partial charge in [-0.2, -0.15) is 0 Å². The zero-order chi connectivity index (χ0) is 19.8. The monoisotopic (exact) mass is 370 g/mol. The molecule has 2 N–H and O–H groups in total. The van der Waals surface area contributed by atoms with Crippen LogP contribution in [0.2, 0.25) is 0 Å². The molecule has 6 heteroatoms. The average Bonchev–Trinajstić information content (AvgIpc) is 2.67. The SMILES string of the molecule is CCOc1ccc(C(NC(=O)N(C)CC(C)C(=O)O)c2ccccc2)cc1. The predicted molar refractivity (Wildman–Crippen MR) is 104 cm³/mol. The Labute approximate surface area is 159 Å². The van der Waals surface area contributed by atoms with Gasteiger partial charge in [-0.15, -0.1) is 0 Å². The van der Waals surface area contributed by atoms with E-state index in [0.717, 1.165) is 16.9 Å². The number of nitrogens with zero attached hydrogens (tertiary/aromatic N) is 1. The van der Waals surface area contributed by atoms with E-state index in [1.165, 1.54) is 4.90 Å². The Kier molecular flexibility index (Phi) is 7.23. The fourth-order valence-corrected chi connectivity index (χ4v) is 2.73. The van der Waals surface area contributed by atoms with Crippen LogP contribution in [0.1, 0.15) is 31.0 Å². The molecular weight excluding hydrogens is 344 g/mol. The molecule has 0 aliphatic carbocycles. The van der Waals surface area contributed by atoms with Gasteiger partial charge in [0.15, 0.2) is 0 Å². The Morgan fingerprint density at radius 3 is 2.22 bits per heavy atom. The quantitative estimate of drug-likeness (QED) is 0.745. The summed E-state index contributed by atoms with van der Waals surface area (Å²) in [6, 6.07) is 16.5. The minimum absolute atomic E-state index is 0.131. The molecule has 0 bridgehead atoms. The summed E-state index contributed by atoms with van der Waals surface area (Å²) in [4.78, 5) is 25.1. The van der Waals surface area contributed by atoms with Gasteiger partial charge in [-0.1, -0.05) is 49.4 Å². The van der Waals surface area contributed by atoms with Crippen molar-refractivity contribution in [1.82, 2.24) is 10.2 Å². The first-order valence-corrected chi connectivity index (χ1v) is 8.94. The van der Waals surface area contributed by atoms with Gasteiger partial charge in [-0.3, -0.25) is 4.79 Å². The normalized spacial score (nSPS) is 12.7. The number of carboxylic acids is 1. The third-order valence-corrected chi connectivity index (χ3v) is 4.24. The molecule has 2 unspecified atom stereocenters. The van der Waals surface area contributed by atoms with E-state index < -0.39 is 11.9 Å². The fourth-order valence-electron chi connectivity index (χ4n) is 2.73. The predicted octanol–water partition coefficient (Wildman–Crippen LogP) is 3.54. The molecule has 0 saturated carbocycles. The van der Waals surface area contributed by atoms with E-state index in [9.17, 15) is 9.59 Å². The standard InChI is InChI=1S/C21H26N2O4/c1-4-27-18-12-10-17(11-13-18)19(16-8-6-5-7-9-16)22-21(26)23(3)14-15(2)20(24)25/h5-13,15,19H,4,14H2,1-3H3,(H,22,26)(H,24,25). The number of hydrogen-bond donors (Lipinski definition) is 2. The zero-order valence-corrected chi connectivity index (χ0v) is 15.9. The Balaban J connectivity index is 2.20. The van der Waals surface area contributed by atoms with Crippen molar-refractivity contribution in [2.75, 3.05) is 20.2 Å². The first kappa shape index (κ1) is 20.3. The van der Waals surface area contributed by atoms with E-state index in [2.05, 4.69) is 5.32 Å². The lowest BCUT2D eigenvalue weighted by Crippen LogP contribution is -2.42. The van der Waals surface area contributed by atoms with Gasteiger partial charge in [0.25, 0.3) is 0 Å². The number of nitrogens with one attached hydrogen (secondary N) is 1. The molecule has 0 aliphatic heterocycles. The number of carbonyl (C=O) groups excluding carboxylic acids is 1. The van der Waals surface area contributed by atoms with Gasteiger partial charge in [0.2, 0.25) is 0 Å². The second kappa shape index (κ2) is 9.62. The largest absolute Gasteiger partial charge is 0.494 e. The van der Waals surface area contributed by atoms with Crippen molar-refractivity contribution in [1.29, 1.82) is 0 Å². The van der Waals surface area contributed by atoms with E-state index in [-0.39, 0.29) is 18.6 Å². The van der Waals surface area contributed by atoms with Crippen LogP contribution in [0.3, 0.4) is 0 Å². The van der Waals surface area contributed by atoms with Crippen LogP contribution < -0.4 is 10.1 Å². The van der Waals surface area contributed by atoms with E-state index >= 15 is 0 Å². The highest BCUT2D eigenvalue weighted by Gasteiger charge is 2.22. The van der Waals surface area contributed by atoms with Crippen LogP contribution in [0, 0.1) is 5.92 Å². The molecule has 0 aromatic heterocycles. The maximum absolute atomic E-state index is 12.6. The summed E-state index contributed by atoms with van der Waals surface area (Å²) in [6.45, 7) is 4.22. The van der Waals surface area contributed by atoms with Gasteiger partial charge in [-0.05, 0) is 30.2 Å². The van der Waals surface area contributed by atoms with Gasteiger partial charge in [-0.25, -0.2) is 4.79 Å². The summed E-state index contributed by atoms with van der Waals surface area (Å²) in [7, 11) is 1.59. The maximum Gasteiger partial charge on any atom is 0.317 e. The maximum atomic E-state index is 12.6. The molecule has 2 rings (SSSR count). The Bertz CT molecular complexity index is 747. The van der Waals surface area contributed by atoms with Gasteiger partial charge in [0.05, 0.1) is 18.6 Å². The minimum atomic E-state index is -0.930. The first-order valence-electron chi connectivity index (χ1n) is 8.94. The van der Waals surface area contributed by atoms with Gasteiger partial charge < -0.3 is 20.1 Å². The third kappa shape index (κ3) is 5.74. The second-order valence-electron chi connectivity index (χ2n) is 6.42. The van der Waals surface area contributed by atoms with Gasteiger partial charge >= 0.3 is 12.0 Å². The lowest BCUT2D eigenvalue weighted by Gasteiger charge is -2.25. The van der Waals surface area contributed by atoms with E-state index in [4.69, 9.17) is 9.84 Å². The van der Waals surface area contributed by atoms with Crippen molar-refractivity contribution in [2.45, 2.75) is 19.9 Å². The number of ether oxygens (including phenoxy) is 1. The van der Waals surface area contributed by atoms with Crippen LogP contribution in [0.5, 0.6) is 5.75 Å². The lowest BCUT2D eigenvalue weighted by molar-refractivity contribution is -0.141. The number of carboxylic acid groups (broad SMARTS) is 1. The number of rotatable bonds is 8. The Morgan fingerprint density at radius 1 is 1.07 bits per heavy atom. The number of amides is 2. The van der Waals surface area contributed by atoms with Crippen LogP contribution in [-0.4, -0.2) is 42.2 Å². The minimum Gasteiger partial charge on any atom is -0.494 e. The number of hydrogen-bond acceptors (Lipinski definition) is 3. The van der Waals surface area contributed by atoms with Gasteiger partial charge in [0.1, 0.15) is 5.75 Å². The molecule has 0 fully saturated rings. The molecule has 2 amide bonds. The number of benzene rings is 2. The van der Waals surface area contributed by atoms with Gasteiger partial charge in [0, 0.05) is 13.6 Å². The zero-order valence-electron chi connectivity index (χ0n) is 15.9. The molecule has 27 heavy (non-hydrogen) atoms. The fraction of sp³-hybridized carbons (Fsp3) is 0.333. The molecule has 0 heterocycles. The van der Waals surface area contributed by atoms with Crippen molar-refractivity contribution < 1.29 is 19.4 Å². The van der Waals surface area contributed by atoms with Crippen molar-refractivity contribution >= 4 is 12.0 Å². The van der Waals surface area contributed by atoms with Crippen LogP contribution in [0.4, 0.5) is 4.79 Å². The average molecular weight is 370 g/mol. The van der Waals surface area contributed by atoms with E-state index in [1.54, 1.807) is 14.0 Å². The van der Waals surface area contributed by atoms with Crippen LogP contribution in [-0.2, 0) is 4.79 Å². The molecule has 2 aromatic carbocycles. The summed E-state index contributed by atoms with van der Waals surface area (Å²) in [6.07, 6.45) is 0. The summed E-state index contributed by atoms with van der Waals surface area (Å²) in [5.74, 6) is -0.797. The van der Waals surface area contributed by atoms with Crippen molar-refractivity contribution in [3.8, 4) is 5.75 Å². The first-order chi connectivity index (χ1) is 12.9. The summed E-state index contributed by atoms with van der Waals surface area (Å²) in [5, 5.41) is 12.0. The molecule has 2 aromatic rings. The van der Waals surface area contributed by atoms with Crippen LogP contribution >= 0.6 is 0 Å². The van der Waals surface area contributed by atoms with E-state index in [0.29, 0.717) is 6.61 Å². The summed E-state index contributed by atoms with van der Waals surface area (Å²) >= 11 is 0.